The number of rotatable bonds is 6. The third-order valence-electron chi connectivity index (χ3n) is 6.90. The topological polar surface area (TPSA) is 180 Å². The predicted molar refractivity (Wildman–Crippen MR) is 152 cm³/mol. The number of alkyl halides is 3. The molecule has 236 valence electrons. The molecule has 1 aromatic heterocycles. The predicted octanol–water partition coefficient (Wildman–Crippen LogP) is 0.855. The average Bonchev–Trinajstić information content (AvgIpc) is 3.36. The fourth-order valence-electron chi connectivity index (χ4n) is 4.59. The summed E-state index contributed by atoms with van der Waals surface area (Å²) in [5, 5.41) is 9.82. The number of carboxylic acid groups (broad SMARTS) is 1. The van der Waals surface area contributed by atoms with E-state index in [9.17, 15) is 27.6 Å². The van der Waals surface area contributed by atoms with E-state index in [2.05, 4.69) is 15.2 Å². The first-order valence-corrected chi connectivity index (χ1v) is 13.7. The molecule has 0 radical (unpaired) electrons. The molecule has 1 aromatic carbocycles. The number of nitrogens with one attached hydrogen (secondary N) is 1. The van der Waals surface area contributed by atoms with Gasteiger partial charge in [0.25, 0.3) is 0 Å². The molecule has 2 saturated heterocycles. The number of amides is 3. The lowest BCUT2D eigenvalue weighted by Crippen LogP contribution is -2.58. The highest BCUT2D eigenvalue weighted by atomic mass is 19.4. The summed E-state index contributed by atoms with van der Waals surface area (Å²) in [6, 6.07) is 9.34. The maximum atomic E-state index is 12.7. The Bertz CT molecular complexity index is 1350. The van der Waals surface area contributed by atoms with Crippen molar-refractivity contribution >= 4 is 23.7 Å². The summed E-state index contributed by atoms with van der Waals surface area (Å²) < 4.78 is 33.2. The van der Waals surface area contributed by atoms with E-state index in [0.29, 0.717) is 26.2 Å². The molecule has 16 heteroatoms. The molecule has 0 saturated carbocycles. The van der Waals surface area contributed by atoms with E-state index in [1.807, 2.05) is 24.3 Å². The first kappa shape index (κ1) is 33.5. The Balaban J connectivity index is 0.000000646. The van der Waals surface area contributed by atoms with Gasteiger partial charge >= 0.3 is 23.9 Å². The number of hydrogen-bond donors (Lipinski definition) is 4. The number of halogens is 3. The number of hydrogen-bond acceptors (Lipinski definition) is 8. The lowest BCUT2D eigenvalue weighted by Gasteiger charge is -2.37. The zero-order valence-corrected chi connectivity index (χ0v) is 24.0. The van der Waals surface area contributed by atoms with Crippen molar-refractivity contribution in [3.63, 3.8) is 0 Å². The van der Waals surface area contributed by atoms with E-state index < -0.39 is 23.4 Å². The first-order chi connectivity index (χ1) is 20.0. The molecule has 0 spiro atoms. The highest BCUT2D eigenvalue weighted by Gasteiger charge is 2.38. The van der Waals surface area contributed by atoms with Crippen molar-refractivity contribution in [1.82, 2.24) is 24.3 Å². The van der Waals surface area contributed by atoms with Gasteiger partial charge in [-0.2, -0.15) is 18.2 Å². The molecule has 0 unspecified atom stereocenters. The van der Waals surface area contributed by atoms with Crippen LogP contribution < -0.4 is 22.5 Å². The van der Waals surface area contributed by atoms with Gasteiger partial charge in [0.15, 0.2) is 0 Å². The van der Waals surface area contributed by atoms with E-state index >= 15 is 0 Å². The number of carbonyl (C=O) groups is 3. The highest BCUT2D eigenvalue weighted by Crippen LogP contribution is 2.15. The maximum absolute atomic E-state index is 12.7. The summed E-state index contributed by atoms with van der Waals surface area (Å²) in [5.41, 5.74) is 12.3. The van der Waals surface area contributed by atoms with E-state index in [4.69, 9.17) is 21.4 Å². The molecule has 3 amide bonds. The van der Waals surface area contributed by atoms with Crippen molar-refractivity contribution in [2.45, 2.75) is 44.4 Å². The summed E-state index contributed by atoms with van der Waals surface area (Å²) in [6.07, 6.45) is -1.56. The second kappa shape index (κ2) is 14.0. The van der Waals surface area contributed by atoms with Gasteiger partial charge in [0.1, 0.15) is 5.82 Å². The molecule has 2 fully saturated rings. The number of carboxylic acids is 1. The zero-order chi connectivity index (χ0) is 31.9. The number of piperazine rings is 1. The van der Waals surface area contributed by atoms with Gasteiger partial charge in [-0.15, -0.1) is 0 Å². The van der Waals surface area contributed by atoms with Crippen molar-refractivity contribution in [3.05, 3.63) is 52.6 Å². The average molecular weight is 611 g/mol. The quantitative estimate of drug-likeness (QED) is 0.369. The maximum Gasteiger partial charge on any atom is 0.490 e. The molecular formula is C27H37F3N8O5. The molecule has 3 heterocycles. The minimum Gasteiger partial charge on any atom is -0.475 e. The minimum atomic E-state index is -5.08. The molecule has 13 nitrogen and oxygen atoms in total. The third kappa shape index (κ3) is 9.76. The van der Waals surface area contributed by atoms with Crippen LogP contribution in [0.25, 0.3) is 5.69 Å². The fraction of sp³-hybridized carbons (Fsp3) is 0.519. The summed E-state index contributed by atoms with van der Waals surface area (Å²) in [5.74, 6) is -2.71. The van der Waals surface area contributed by atoms with Gasteiger partial charge < -0.3 is 31.3 Å². The summed E-state index contributed by atoms with van der Waals surface area (Å²) in [7, 11) is 0. The Hall–Kier alpha value is -4.02. The Labute approximate surface area is 246 Å². The molecule has 2 aliphatic rings. The van der Waals surface area contributed by atoms with E-state index in [1.165, 1.54) is 4.57 Å². The zero-order valence-electron chi connectivity index (χ0n) is 24.0. The Morgan fingerprint density at radius 1 is 1.07 bits per heavy atom. The second-order valence-electron chi connectivity index (χ2n) is 11.0. The van der Waals surface area contributed by atoms with Crippen LogP contribution in [0.15, 0.2) is 41.3 Å². The van der Waals surface area contributed by atoms with Crippen LogP contribution >= 0.6 is 0 Å². The lowest BCUT2D eigenvalue weighted by molar-refractivity contribution is -0.192. The van der Waals surface area contributed by atoms with Gasteiger partial charge in [-0.1, -0.05) is 12.1 Å². The largest absolute Gasteiger partial charge is 0.490 e. The van der Waals surface area contributed by atoms with Crippen LogP contribution in [0.4, 0.5) is 23.8 Å². The van der Waals surface area contributed by atoms with Gasteiger partial charge in [0.05, 0.1) is 11.2 Å². The normalized spacial score (nSPS) is 17.7. The van der Waals surface area contributed by atoms with Crippen molar-refractivity contribution in [2.75, 3.05) is 51.1 Å². The number of aromatic nitrogens is 2. The number of benzene rings is 1. The molecule has 6 N–H and O–H groups in total. The summed E-state index contributed by atoms with van der Waals surface area (Å²) >= 11 is 0. The molecule has 43 heavy (non-hydrogen) atoms. The number of carbonyl (C=O) groups excluding carboxylic acids is 2. The van der Waals surface area contributed by atoms with E-state index in [0.717, 1.165) is 43.7 Å². The monoisotopic (exact) mass is 610 g/mol. The molecule has 0 aliphatic carbocycles. The number of urea groups is 1. The highest BCUT2D eigenvalue weighted by molar-refractivity contribution is 5.89. The fourth-order valence-corrected chi connectivity index (χ4v) is 4.59. The second-order valence-corrected chi connectivity index (χ2v) is 11.0. The summed E-state index contributed by atoms with van der Waals surface area (Å²) in [4.78, 5) is 56.3. The first-order valence-electron chi connectivity index (χ1n) is 13.7. The van der Waals surface area contributed by atoms with Gasteiger partial charge in [-0.3, -0.25) is 14.7 Å². The van der Waals surface area contributed by atoms with Gasteiger partial charge in [-0.05, 0) is 57.0 Å². The van der Waals surface area contributed by atoms with E-state index in [1.54, 1.807) is 35.9 Å². The van der Waals surface area contributed by atoms with Crippen LogP contribution in [0.2, 0.25) is 0 Å². The number of nitrogens with two attached hydrogens (primary N) is 2. The van der Waals surface area contributed by atoms with Gasteiger partial charge in [0.2, 0.25) is 5.91 Å². The van der Waals surface area contributed by atoms with Crippen LogP contribution in [0.3, 0.4) is 0 Å². The standard InChI is InChI=1S/C25H36N8O3.C2HF3O2/c1-25(2,27)22(34)31-12-14-32(15-13-31)23(35)28-21-8-11-33(24(36)29-21)20-5-3-4-18(16-20)6-9-30-10-7-19(26)17-30;3-2(4,5)1(6)7/h3-5,8,11,16,19H,6-7,9-10,12-15,17,26-27H2,1-2H3,(H,28,29,35,36);(H,6,7)/t19-;/m0./s1. The van der Waals surface area contributed by atoms with E-state index in [-0.39, 0.29) is 23.8 Å². The van der Waals surface area contributed by atoms with Gasteiger partial charge in [-0.25, -0.2) is 14.4 Å². The van der Waals surface area contributed by atoms with Crippen molar-refractivity contribution < 1.29 is 32.7 Å². The molecule has 2 aromatic rings. The van der Waals surface area contributed by atoms with Crippen LogP contribution in [0.1, 0.15) is 25.8 Å². The SMILES string of the molecule is CC(C)(N)C(=O)N1CCN(C(=O)Nc2ccn(-c3cccc(CCN4CC[C@H](N)C4)c3)c(=O)n2)CC1.O=C(O)C(F)(F)F. The Morgan fingerprint density at radius 3 is 2.23 bits per heavy atom. The summed E-state index contributed by atoms with van der Waals surface area (Å²) in [6.45, 7) is 7.79. The van der Waals surface area contributed by atoms with Crippen LogP contribution in [0.5, 0.6) is 0 Å². The van der Waals surface area contributed by atoms with Crippen LogP contribution in [0, 0.1) is 0 Å². The minimum absolute atomic E-state index is 0.142. The Kier molecular flexibility index (Phi) is 10.9. The molecule has 0 bridgehead atoms. The molecular weight excluding hydrogens is 573 g/mol. The number of anilines is 1. The number of nitrogens with zero attached hydrogens (tertiary/aromatic N) is 5. The Morgan fingerprint density at radius 2 is 1.70 bits per heavy atom. The van der Waals surface area contributed by atoms with Crippen molar-refractivity contribution in [2.24, 2.45) is 11.5 Å². The molecule has 4 rings (SSSR count). The molecule has 2 aliphatic heterocycles. The molecule has 1 atom stereocenters. The third-order valence-corrected chi connectivity index (χ3v) is 6.90. The lowest BCUT2D eigenvalue weighted by atomic mass is 10.1. The van der Waals surface area contributed by atoms with Crippen molar-refractivity contribution in [3.8, 4) is 5.69 Å². The number of aliphatic carboxylic acids is 1. The smallest absolute Gasteiger partial charge is 0.475 e. The number of likely N-dealkylation sites (tertiary alicyclic amines) is 1. The van der Waals surface area contributed by atoms with Crippen LogP contribution in [-0.2, 0) is 16.0 Å². The van der Waals surface area contributed by atoms with Crippen molar-refractivity contribution in [1.29, 1.82) is 0 Å². The van der Waals surface area contributed by atoms with Crippen LogP contribution in [-0.4, -0.2) is 111 Å². The van der Waals surface area contributed by atoms with Gasteiger partial charge in [0, 0.05) is 51.5 Å².